The van der Waals surface area contributed by atoms with Crippen LogP contribution < -0.4 is 11.1 Å². The van der Waals surface area contributed by atoms with Gasteiger partial charge in [-0.2, -0.15) is 0 Å². The summed E-state index contributed by atoms with van der Waals surface area (Å²) in [5.41, 5.74) is 9.06. The van der Waals surface area contributed by atoms with Gasteiger partial charge in [0, 0.05) is 16.9 Å². The van der Waals surface area contributed by atoms with Gasteiger partial charge in [0.1, 0.15) is 5.82 Å². The van der Waals surface area contributed by atoms with Crippen molar-refractivity contribution in [3.8, 4) is 0 Å². The van der Waals surface area contributed by atoms with E-state index in [4.69, 9.17) is 5.73 Å². The van der Waals surface area contributed by atoms with E-state index in [2.05, 4.69) is 17.2 Å². The number of aromatic nitrogens is 1. The van der Waals surface area contributed by atoms with E-state index in [0.29, 0.717) is 11.4 Å². The van der Waals surface area contributed by atoms with E-state index in [1.165, 1.54) is 5.56 Å². The number of nitrogen functional groups attached to an aromatic ring is 1. The summed E-state index contributed by atoms with van der Waals surface area (Å²) in [7, 11) is 0. The van der Waals surface area contributed by atoms with Crippen LogP contribution >= 0.6 is 0 Å². The first-order chi connectivity index (χ1) is 9.62. The van der Waals surface area contributed by atoms with Gasteiger partial charge in [-0.15, -0.1) is 0 Å². The van der Waals surface area contributed by atoms with E-state index < -0.39 is 0 Å². The van der Waals surface area contributed by atoms with E-state index in [1.54, 1.807) is 12.1 Å². The lowest BCUT2D eigenvalue weighted by Crippen LogP contribution is -2.13. The van der Waals surface area contributed by atoms with Crippen LogP contribution in [0, 0.1) is 0 Å². The lowest BCUT2D eigenvalue weighted by Gasteiger charge is -2.08. The zero-order valence-electron chi connectivity index (χ0n) is 11.8. The van der Waals surface area contributed by atoms with Crippen LogP contribution in [-0.2, 0) is 12.8 Å². The second-order valence-electron chi connectivity index (χ2n) is 4.63. The SMILES string of the molecule is CCc1cccc(NC(=O)c2cc(N)nc(CC)c2)c1. The quantitative estimate of drug-likeness (QED) is 0.896. The first-order valence-corrected chi connectivity index (χ1v) is 6.79. The Morgan fingerprint density at radius 3 is 2.70 bits per heavy atom. The van der Waals surface area contributed by atoms with E-state index in [1.807, 2.05) is 31.2 Å². The molecule has 4 nitrogen and oxygen atoms in total. The maximum Gasteiger partial charge on any atom is 0.255 e. The summed E-state index contributed by atoms with van der Waals surface area (Å²) in [4.78, 5) is 16.4. The molecule has 0 spiro atoms. The molecular formula is C16H19N3O. The molecule has 0 aliphatic heterocycles. The van der Waals surface area contributed by atoms with Crippen molar-refractivity contribution in [2.45, 2.75) is 26.7 Å². The second-order valence-corrected chi connectivity index (χ2v) is 4.63. The maximum absolute atomic E-state index is 12.2. The van der Waals surface area contributed by atoms with Crippen molar-refractivity contribution in [2.75, 3.05) is 11.1 Å². The molecule has 1 amide bonds. The van der Waals surface area contributed by atoms with Gasteiger partial charge in [-0.25, -0.2) is 4.98 Å². The van der Waals surface area contributed by atoms with Crippen molar-refractivity contribution in [1.29, 1.82) is 0 Å². The zero-order chi connectivity index (χ0) is 14.5. The molecule has 1 aromatic carbocycles. The first kappa shape index (κ1) is 14.1. The first-order valence-electron chi connectivity index (χ1n) is 6.79. The Morgan fingerprint density at radius 2 is 2.00 bits per heavy atom. The number of nitrogens with one attached hydrogen (secondary N) is 1. The lowest BCUT2D eigenvalue weighted by atomic mass is 10.1. The van der Waals surface area contributed by atoms with Crippen molar-refractivity contribution in [1.82, 2.24) is 4.98 Å². The minimum atomic E-state index is -0.165. The molecule has 0 aliphatic carbocycles. The van der Waals surface area contributed by atoms with Gasteiger partial charge in [-0.1, -0.05) is 26.0 Å². The molecule has 0 aliphatic rings. The molecule has 1 heterocycles. The molecule has 2 aromatic rings. The number of nitrogens with two attached hydrogens (primary N) is 1. The third-order valence-electron chi connectivity index (χ3n) is 3.12. The van der Waals surface area contributed by atoms with E-state index in [-0.39, 0.29) is 5.91 Å². The highest BCUT2D eigenvalue weighted by Crippen LogP contribution is 2.14. The molecule has 3 N–H and O–H groups in total. The number of amides is 1. The van der Waals surface area contributed by atoms with Crippen molar-refractivity contribution >= 4 is 17.4 Å². The predicted molar refractivity (Wildman–Crippen MR) is 81.8 cm³/mol. The summed E-state index contributed by atoms with van der Waals surface area (Å²) in [5.74, 6) is 0.207. The van der Waals surface area contributed by atoms with Crippen LogP contribution in [0.3, 0.4) is 0 Å². The molecule has 0 bridgehead atoms. The highest BCUT2D eigenvalue weighted by Gasteiger charge is 2.09. The molecule has 1 aromatic heterocycles. The number of carbonyl (C=O) groups is 1. The molecule has 0 fully saturated rings. The van der Waals surface area contributed by atoms with Crippen LogP contribution in [0.4, 0.5) is 11.5 Å². The maximum atomic E-state index is 12.2. The van der Waals surface area contributed by atoms with Crippen LogP contribution in [0.1, 0.15) is 35.5 Å². The van der Waals surface area contributed by atoms with Crippen LogP contribution in [0.5, 0.6) is 0 Å². The van der Waals surface area contributed by atoms with Gasteiger partial charge in [-0.3, -0.25) is 4.79 Å². The molecule has 104 valence electrons. The molecule has 2 rings (SSSR count). The molecule has 0 radical (unpaired) electrons. The van der Waals surface area contributed by atoms with Crippen LogP contribution in [0.15, 0.2) is 36.4 Å². The second kappa shape index (κ2) is 6.19. The van der Waals surface area contributed by atoms with Gasteiger partial charge < -0.3 is 11.1 Å². The summed E-state index contributed by atoms with van der Waals surface area (Å²) < 4.78 is 0. The van der Waals surface area contributed by atoms with Crippen molar-refractivity contribution in [2.24, 2.45) is 0 Å². The third-order valence-corrected chi connectivity index (χ3v) is 3.12. The van der Waals surface area contributed by atoms with Crippen LogP contribution in [-0.4, -0.2) is 10.9 Å². The Balaban J connectivity index is 2.21. The molecule has 0 saturated carbocycles. The number of hydrogen-bond donors (Lipinski definition) is 2. The Kier molecular flexibility index (Phi) is 4.35. The number of nitrogens with zero attached hydrogens (tertiary/aromatic N) is 1. The number of benzene rings is 1. The Hall–Kier alpha value is -2.36. The summed E-state index contributed by atoms with van der Waals surface area (Å²) in [6, 6.07) is 11.2. The van der Waals surface area contributed by atoms with Gasteiger partial charge >= 0.3 is 0 Å². The summed E-state index contributed by atoms with van der Waals surface area (Å²) in [5, 5.41) is 2.89. The van der Waals surface area contributed by atoms with Crippen molar-refractivity contribution < 1.29 is 4.79 Å². The normalized spacial score (nSPS) is 10.3. The van der Waals surface area contributed by atoms with Crippen molar-refractivity contribution in [3.63, 3.8) is 0 Å². The monoisotopic (exact) mass is 269 g/mol. The fraction of sp³-hybridized carbons (Fsp3) is 0.250. The number of aryl methyl sites for hydroxylation is 2. The number of carbonyl (C=O) groups excluding carboxylic acids is 1. The molecule has 0 saturated heterocycles. The van der Waals surface area contributed by atoms with E-state index in [0.717, 1.165) is 24.2 Å². The largest absolute Gasteiger partial charge is 0.384 e. The molecule has 0 unspecified atom stereocenters. The molecular weight excluding hydrogens is 250 g/mol. The Morgan fingerprint density at radius 1 is 1.20 bits per heavy atom. The Labute approximate surface area is 119 Å². The van der Waals surface area contributed by atoms with E-state index >= 15 is 0 Å². The predicted octanol–water partition coefficient (Wildman–Crippen LogP) is 3.04. The van der Waals surface area contributed by atoms with Crippen LogP contribution in [0.25, 0.3) is 0 Å². The van der Waals surface area contributed by atoms with Gasteiger partial charge in [0.25, 0.3) is 5.91 Å². The lowest BCUT2D eigenvalue weighted by molar-refractivity contribution is 0.102. The number of anilines is 2. The highest BCUT2D eigenvalue weighted by molar-refractivity contribution is 6.04. The summed E-state index contributed by atoms with van der Waals surface area (Å²) in [6.45, 7) is 4.06. The number of pyridine rings is 1. The van der Waals surface area contributed by atoms with Gasteiger partial charge in [0.2, 0.25) is 0 Å². The zero-order valence-corrected chi connectivity index (χ0v) is 11.8. The smallest absolute Gasteiger partial charge is 0.255 e. The topological polar surface area (TPSA) is 68.0 Å². The van der Waals surface area contributed by atoms with Gasteiger partial charge in [0.15, 0.2) is 0 Å². The number of rotatable bonds is 4. The number of hydrogen-bond acceptors (Lipinski definition) is 3. The average Bonchev–Trinajstić information content (AvgIpc) is 2.46. The standard InChI is InChI=1S/C16H19N3O/c1-3-11-6-5-7-14(8-11)19-16(20)12-9-13(4-2)18-15(17)10-12/h5-10H,3-4H2,1-2H3,(H2,17,18)(H,19,20). The van der Waals surface area contributed by atoms with Gasteiger partial charge in [-0.05, 0) is 42.7 Å². The minimum Gasteiger partial charge on any atom is -0.384 e. The molecule has 4 heteroatoms. The van der Waals surface area contributed by atoms with Gasteiger partial charge in [0.05, 0.1) is 0 Å². The third kappa shape index (κ3) is 3.35. The van der Waals surface area contributed by atoms with Crippen LogP contribution in [0.2, 0.25) is 0 Å². The van der Waals surface area contributed by atoms with E-state index in [9.17, 15) is 4.79 Å². The minimum absolute atomic E-state index is 0.165. The van der Waals surface area contributed by atoms with Crippen molar-refractivity contribution in [3.05, 3.63) is 53.2 Å². The molecule has 20 heavy (non-hydrogen) atoms. The fourth-order valence-electron chi connectivity index (χ4n) is 2.00. The highest BCUT2D eigenvalue weighted by atomic mass is 16.1. The Bertz CT molecular complexity index is 623. The molecule has 0 atom stereocenters. The summed E-state index contributed by atoms with van der Waals surface area (Å²) in [6.07, 6.45) is 1.68. The average molecular weight is 269 g/mol. The summed E-state index contributed by atoms with van der Waals surface area (Å²) >= 11 is 0. The fourth-order valence-corrected chi connectivity index (χ4v) is 2.00.